The summed E-state index contributed by atoms with van der Waals surface area (Å²) in [6.07, 6.45) is 2.18. The van der Waals surface area contributed by atoms with E-state index in [0.29, 0.717) is 37.2 Å². The molecule has 24 heavy (non-hydrogen) atoms. The summed E-state index contributed by atoms with van der Waals surface area (Å²) in [6, 6.07) is 4.39. The van der Waals surface area contributed by atoms with Crippen LogP contribution in [0.15, 0.2) is 22.7 Å². The van der Waals surface area contributed by atoms with Crippen molar-refractivity contribution in [2.45, 2.75) is 12.8 Å². The van der Waals surface area contributed by atoms with Gasteiger partial charge < -0.3 is 9.80 Å². The Hall–Kier alpha value is -1.47. The molecule has 130 valence electrons. The maximum atomic E-state index is 13.9. The van der Waals surface area contributed by atoms with Crippen LogP contribution in [-0.4, -0.2) is 72.3 Å². The molecule has 0 bridgehead atoms. The van der Waals surface area contributed by atoms with Crippen LogP contribution < -0.4 is 0 Å². The fourth-order valence-corrected chi connectivity index (χ4v) is 3.56. The molecule has 7 heteroatoms. The first-order valence-electron chi connectivity index (χ1n) is 8.29. The molecule has 2 aliphatic heterocycles. The number of hydrogen-bond donors (Lipinski definition) is 0. The number of halogens is 2. The molecule has 0 unspecified atom stereocenters. The fourth-order valence-electron chi connectivity index (χ4n) is 3.20. The lowest BCUT2D eigenvalue weighted by atomic mass is 10.1. The second-order valence-electron chi connectivity index (χ2n) is 6.28. The molecule has 0 atom stereocenters. The fraction of sp³-hybridized carbons (Fsp3) is 0.529. The van der Waals surface area contributed by atoms with Gasteiger partial charge in [0.05, 0.1) is 12.1 Å². The maximum Gasteiger partial charge on any atom is 0.256 e. The standard InChI is InChI=1S/C17H21BrFN3O2/c18-13-3-4-15(19)14(11-13)17(24)22-9-7-20(8-10-22)12-16(23)21-5-1-2-6-21/h3-4,11H,1-2,5-10,12H2. The Morgan fingerprint density at radius 3 is 2.33 bits per heavy atom. The zero-order chi connectivity index (χ0) is 17.1. The van der Waals surface area contributed by atoms with Gasteiger partial charge in [0.25, 0.3) is 5.91 Å². The van der Waals surface area contributed by atoms with Gasteiger partial charge in [0, 0.05) is 43.7 Å². The van der Waals surface area contributed by atoms with E-state index in [2.05, 4.69) is 20.8 Å². The molecule has 2 aliphatic rings. The van der Waals surface area contributed by atoms with Crippen LogP contribution >= 0.6 is 15.9 Å². The number of benzene rings is 1. The second-order valence-corrected chi connectivity index (χ2v) is 7.20. The Morgan fingerprint density at radius 2 is 1.67 bits per heavy atom. The monoisotopic (exact) mass is 397 g/mol. The van der Waals surface area contributed by atoms with Crippen molar-refractivity contribution in [2.24, 2.45) is 0 Å². The van der Waals surface area contributed by atoms with Gasteiger partial charge in [0.1, 0.15) is 5.82 Å². The number of amides is 2. The van der Waals surface area contributed by atoms with E-state index in [1.165, 1.54) is 12.1 Å². The van der Waals surface area contributed by atoms with E-state index in [1.807, 2.05) is 4.90 Å². The van der Waals surface area contributed by atoms with Crippen LogP contribution in [0.2, 0.25) is 0 Å². The van der Waals surface area contributed by atoms with Crippen molar-refractivity contribution in [2.75, 3.05) is 45.8 Å². The van der Waals surface area contributed by atoms with E-state index in [4.69, 9.17) is 0 Å². The summed E-state index contributed by atoms with van der Waals surface area (Å²) in [6.45, 7) is 4.43. The Labute approximate surface area is 149 Å². The molecule has 0 aliphatic carbocycles. The predicted molar refractivity (Wildman–Crippen MR) is 92.3 cm³/mol. The Bertz CT molecular complexity index is 626. The molecule has 3 rings (SSSR count). The third kappa shape index (κ3) is 3.95. The molecule has 5 nitrogen and oxygen atoms in total. The van der Waals surface area contributed by atoms with Crippen molar-refractivity contribution in [3.63, 3.8) is 0 Å². The highest BCUT2D eigenvalue weighted by Crippen LogP contribution is 2.18. The summed E-state index contributed by atoms with van der Waals surface area (Å²) in [7, 11) is 0. The van der Waals surface area contributed by atoms with E-state index in [1.54, 1.807) is 11.0 Å². The Balaban J connectivity index is 1.53. The summed E-state index contributed by atoms with van der Waals surface area (Å²) in [5.74, 6) is -0.625. The largest absolute Gasteiger partial charge is 0.342 e. The van der Waals surface area contributed by atoms with Gasteiger partial charge in [-0.2, -0.15) is 0 Å². The quantitative estimate of drug-likeness (QED) is 0.782. The smallest absolute Gasteiger partial charge is 0.256 e. The SMILES string of the molecule is O=C(CN1CCN(C(=O)c2cc(Br)ccc2F)CC1)N1CCCC1. The van der Waals surface area contributed by atoms with Crippen LogP contribution in [-0.2, 0) is 4.79 Å². The molecular formula is C17H21BrFN3O2. The lowest BCUT2D eigenvalue weighted by Gasteiger charge is -2.35. The number of carbonyl (C=O) groups is 2. The van der Waals surface area contributed by atoms with E-state index < -0.39 is 5.82 Å². The summed E-state index contributed by atoms with van der Waals surface area (Å²) >= 11 is 3.27. The summed E-state index contributed by atoms with van der Waals surface area (Å²) < 4.78 is 14.5. The van der Waals surface area contributed by atoms with Gasteiger partial charge in [0.15, 0.2) is 0 Å². The van der Waals surface area contributed by atoms with Crippen LogP contribution in [0.4, 0.5) is 4.39 Å². The van der Waals surface area contributed by atoms with Gasteiger partial charge in [0.2, 0.25) is 5.91 Å². The zero-order valence-electron chi connectivity index (χ0n) is 13.5. The normalized spacial score (nSPS) is 18.9. The number of likely N-dealkylation sites (tertiary alicyclic amines) is 1. The molecule has 0 N–H and O–H groups in total. The summed E-state index contributed by atoms with van der Waals surface area (Å²) in [4.78, 5) is 30.3. The van der Waals surface area contributed by atoms with Gasteiger partial charge in [-0.15, -0.1) is 0 Å². The molecule has 0 aromatic heterocycles. The van der Waals surface area contributed by atoms with E-state index in [-0.39, 0.29) is 17.4 Å². The van der Waals surface area contributed by atoms with Crippen molar-refractivity contribution >= 4 is 27.7 Å². The van der Waals surface area contributed by atoms with Crippen molar-refractivity contribution in [1.29, 1.82) is 0 Å². The molecule has 2 saturated heterocycles. The molecule has 1 aromatic rings. The number of nitrogens with zero attached hydrogens (tertiary/aromatic N) is 3. The predicted octanol–water partition coefficient (Wildman–Crippen LogP) is 1.97. The Morgan fingerprint density at radius 1 is 1.00 bits per heavy atom. The molecule has 2 amide bonds. The van der Waals surface area contributed by atoms with Crippen molar-refractivity contribution in [3.05, 3.63) is 34.1 Å². The van der Waals surface area contributed by atoms with Crippen molar-refractivity contribution < 1.29 is 14.0 Å². The average Bonchev–Trinajstić information content (AvgIpc) is 3.12. The first-order chi connectivity index (χ1) is 11.5. The minimum atomic E-state index is -0.505. The van der Waals surface area contributed by atoms with Crippen molar-refractivity contribution in [1.82, 2.24) is 14.7 Å². The van der Waals surface area contributed by atoms with Gasteiger partial charge in [-0.05, 0) is 31.0 Å². The average molecular weight is 398 g/mol. The topological polar surface area (TPSA) is 43.9 Å². The highest BCUT2D eigenvalue weighted by molar-refractivity contribution is 9.10. The molecule has 2 fully saturated rings. The Kier molecular flexibility index (Phi) is 5.50. The lowest BCUT2D eigenvalue weighted by Crippen LogP contribution is -2.51. The van der Waals surface area contributed by atoms with Gasteiger partial charge in [-0.3, -0.25) is 14.5 Å². The van der Waals surface area contributed by atoms with Gasteiger partial charge in [-0.25, -0.2) is 4.39 Å². The van der Waals surface area contributed by atoms with E-state index >= 15 is 0 Å². The summed E-state index contributed by atoms with van der Waals surface area (Å²) in [5, 5.41) is 0. The van der Waals surface area contributed by atoms with E-state index in [9.17, 15) is 14.0 Å². The molecule has 0 saturated carbocycles. The number of piperazine rings is 1. The highest BCUT2D eigenvalue weighted by Gasteiger charge is 2.26. The van der Waals surface area contributed by atoms with Crippen LogP contribution in [0, 0.1) is 5.82 Å². The van der Waals surface area contributed by atoms with Gasteiger partial charge >= 0.3 is 0 Å². The zero-order valence-corrected chi connectivity index (χ0v) is 15.1. The molecular weight excluding hydrogens is 377 g/mol. The molecule has 0 spiro atoms. The van der Waals surface area contributed by atoms with Gasteiger partial charge in [-0.1, -0.05) is 15.9 Å². The maximum absolute atomic E-state index is 13.9. The minimum absolute atomic E-state index is 0.0889. The van der Waals surface area contributed by atoms with Crippen LogP contribution in [0.1, 0.15) is 23.2 Å². The number of carbonyl (C=O) groups excluding carboxylic acids is 2. The highest BCUT2D eigenvalue weighted by atomic mass is 79.9. The first-order valence-corrected chi connectivity index (χ1v) is 9.08. The number of rotatable bonds is 3. The molecule has 2 heterocycles. The third-order valence-corrected chi connectivity index (χ3v) is 5.13. The van der Waals surface area contributed by atoms with Crippen LogP contribution in [0.5, 0.6) is 0 Å². The van der Waals surface area contributed by atoms with Crippen molar-refractivity contribution in [3.8, 4) is 0 Å². The van der Waals surface area contributed by atoms with Crippen LogP contribution in [0.25, 0.3) is 0 Å². The third-order valence-electron chi connectivity index (χ3n) is 4.64. The summed E-state index contributed by atoms with van der Waals surface area (Å²) in [5.41, 5.74) is 0.0889. The lowest BCUT2D eigenvalue weighted by molar-refractivity contribution is -0.131. The van der Waals surface area contributed by atoms with Crippen LogP contribution in [0.3, 0.4) is 0 Å². The second kappa shape index (κ2) is 7.61. The number of hydrogen-bond acceptors (Lipinski definition) is 3. The molecule has 1 aromatic carbocycles. The first kappa shape index (κ1) is 17.4. The van der Waals surface area contributed by atoms with E-state index in [0.717, 1.165) is 25.9 Å². The minimum Gasteiger partial charge on any atom is -0.342 e. The molecule has 0 radical (unpaired) electrons.